The quantitative estimate of drug-likeness (QED) is 0.710. The van der Waals surface area contributed by atoms with E-state index in [2.05, 4.69) is 15.7 Å². The van der Waals surface area contributed by atoms with Crippen LogP contribution in [0.5, 0.6) is 11.5 Å². The summed E-state index contributed by atoms with van der Waals surface area (Å²) in [6.45, 7) is 0.146. The van der Waals surface area contributed by atoms with Crippen LogP contribution in [0.4, 0.5) is 15.9 Å². The van der Waals surface area contributed by atoms with E-state index in [1.165, 1.54) is 16.8 Å². The molecule has 2 N–H and O–H groups in total. The van der Waals surface area contributed by atoms with E-state index in [9.17, 15) is 14.0 Å². The van der Waals surface area contributed by atoms with Gasteiger partial charge in [-0.25, -0.2) is 9.07 Å². The first-order valence-corrected chi connectivity index (χ1v) is 8.92. The number of carbonyl (C=O) groups is 2. The molecular weight excluding hydrogens is 379 g/mol. The Morgan fingerprint density at radius 2 is 2.00 bits per heavy atom. The van der Waals surface area contributed by atoms with Gasteiger partial charge in [0.05, 0.1) is 12.6 Å². The molecular formula is C20H15FN4O4. The molecule has 8 nitrogen and oxygen atoms in total. The number of hydrogen-bond donors (Lipinski definition) is 2. The van der Waals surface area contributed by atoms with E-state index < -0.39 is 6.04 Å². The molecule has 1 unspecified atom stereocenters. The smallest absolute Gasteiger partial charge is 0.251 e. The Bertz CT molecular complexity index is 1130. The molecule has 3 heterocycles. The molecule has 0 radical (unpaired) electrons. The van der Waals surface area contributed by atoms with Crippen LogP contribution in [0.2, 0.25) is 0 Å². The lowest BCUT2D eigenvalue weighted by Crippen LogP contribution is -2.23. The molecule has 146 valence electrons. The monoisotopic (exact) mass is 394 g/mol. The number of anilines is 2. The van der Waals surface area contributed by atoms with Gasteiger partial charge in [-0.2, -0.15) is 5.10 Å². The van der Waals surface area contributed by atoms with Gasteiger partial charge in [-0.15, -0.1) is 0 Å². The van der Waals surface area contributed by atoms with E-state index in [0.717, 1.165) is 5.56 Å². The topological polar surface area (TPSA) is 94.5 Å². The fourth-order valence-corrected chi connectivity index (χ4v) is 3.42. The number of rotatable bonds is 4. The third-order valence-corrected chi connectivity index (χ3v) is 4.83. The van der Waals surface area contributed by atoms with Crippen LogP contribution in [0.1, 0.15) is 12.5 Å². The molecule has 2 amide bonds. The first-order valence-electron chi connectivity index (χ1n) is 8.92. The van der Waals surface area contributed by atoms with Crippen molar-refractivity contribution in [1.82, 2.24) is 9.78 Å². The van der Waals surface area contributed by atoms with Crippen LogP contribution in [-0.2, 0) is 9.59 Å². The lowest BCUT2D eigenvalue weighted by Gasteiger charge is -2.10. The zero-order valence-corrected chi connectivity index (χ0v) is 15.0. The van der Waals surface area contributed by atoms with Crippen molar-refractivity contribution < 1.29 is 23.5 Å². The second kappa shape index (κ2) is 6.62. The molecule has 2 aromatic carbocycles. The highest BCUT2D eigenvalue weighted by Gasteiger charge is 2.35. The zero-order valence-electron chi connectivity index (χ0n) is 15.0. The van der Waals surface area contributed by atoms with Gasteiger partial charge in [0, 0.05) is 17.3 Å². The number of nitrogens with zero attached hydrogens (tertiary/aromatic N) is 2. The minimum Gasteiger partial charge on any atom is -0.454 e. The molecule has 29 heavy (non-hydrogen) atoms. The molecule has 9 heteroatoms. The summed E-state index contributed by atoms with van der Waals surface area (Å²) < 4.78 is 25.2. The highest BCUT2D eigenvalue weighted by molar-refractivity contribution is 6.04. The highest BCUT2D eigenvalue weighted by atomic mass is 19.1. The minimum atomic E-state index is -0.770. The fourth-order valence-electron chi connectivity index (χ4n) is 3.42. The van der Waals surface area contributed by atoms with E-state index in [4.69, 9.17) is 9.47 Å². The van der Waals surface area contributed by atoms with Crippen LogP contribution in [-0.4, -0.2) is 28.4 Å². The van der Waals surface area contributed by atoms with Crippen LogP contribution in [0.3, 0.4) is 0 Å². The number of ether oxygens (including phenoxy) is 2. The van der Waals surface area contributed by atoms with Crippen molar-refractivity contribution in [1.29, 1.82) is 0 Å². The summed E-state index contributed by atoms with van der Waals surface area (Å²) in [4.78, 5) is 24.9. The van der Waals surface area contributed by atoms with E-state index in [-0.39, 0.29) is 30.8 Å². The predicted molar refractivity (Wildman–Crippen MR) is 101 cm³/mol. The van der Waals surface area contributed by atoms with Crippen molar-refractivity contribution in [3.63, 3.8) is 0 Å². The molecule has 0 saturated heterocycles. The number of nitrogens with one attached hydrogen (secondary N) is 2. The molecule has 0 spiro atoms. The Labute approximate surface area is 164 Å². The maximum Gasteiger partial charge on any atom is 0.251 e. The average Bonchev–Trinajstić information content (AvgIpc) is 3.39. The Balaban J connectivity index is 1.33. The van der Waals surface area contributed by atoms with E-state index in [1.54, 1.807) is 36.5 Å². The van der Waals surface area contributed by atoms with Gasteiger partial charge in [-0.1, -0.05) is 12.1 Å². The Morgan fingerprint density at radius 1 is 1.21 bits per heavy atom. The second-order valence-electron chi connectivity index (χ2n) is 6.68. The summed E-state index contributed by atoms with van der Waals surface area (Å²) >= 11 is 0. The molecule has 0 bridgehead atoms. The number of carbonyl (C=O) groups excluding carboxylic acids is 2. The predicted octanol–water partition coefficient (Wildman–Crippen LogP) is 2.94. The summed E-state index contributed by atoms with van der Waals surface area (Å²) in [5, 5.41) is 9.78. The molecule has 5 rings (SSSR count). The summed E-state index contributed by atoms with van der Waals surface area (Å²) in [5.41, 5.74) is 1.93. The number of aromatic nitrogens is 2. The normalized spacial score (nSPS) is 16.4. The number of amides is 2. The molecule has 0 saturated carbocycles. The molecule has 0 aliphatic carbocycles. The fraction of sp³-hybridized carbons (Fsp3) is 0.150. The molecule has 3 aromatic rings. The van der Waals surface area contributed by atoms with E-state index in [0.29, 0.717) is 28.6 Å². The van der Waals surface area contributed by atoms with Crippen molar-refractivity contribution in [3.05, 3.63) is 54.5 Å². The number of benzene rings is 2. The van der Waals surface area contributed by atoms with E-state index >= 15 is 0 Å². The maximum absolute atomic E-state index is 13.2. The van der Waals surface area contributed by atoms with Gasteiger partial charge in [-0.05, 0) is 29.8 Å². The van der Waals surface area contributed by atoms with Gasteiger partial charge in [0.15, 0.2) is 11.5 Å². The van der Waals surface area contributed by atoms with Gasteiger partial charge in [0.25, 0.3) is 5.91 Å². The van der Waals surface area contributed by atoms with E-state index in [1.807, 2.05) is 0 Å². The van der Waals surface area contributed by atoms with Crippen molar-refractivity contribution in [2.45, 2.75) is 12.5 Å². The molecule has 1 atom stereocenters. The Kier molecular flexibility index (Phi) is 3.94. The van der Waals surface area contributed by atoms with Crippen molar-refractivity contribution >= 4 is 23.3 Å². The first-order chi connectivity index (χ1) is 14.1. The Morgan fingerprint density at radius 3 is 2.83 bits per heavy atom. The largest absolute Gasteiger partial charge is 0.454 e. The lowest BCUT2D eigenvalue weighted by molar-refractivity contribution is -0.123. The van der Waals surface area contributed by atoms with Gasteiger partial charge >= 0.3 is 0 Å². The molecule has 2 aliphatic heterocycles. The number of fused-ring (bicyclic) bond motifs is 2. The van der Waals surface area contributed by atoms with Gasteiger partial charge < -0.3 is 20.1 Å². The molecule has 0 fully saturated rings. The lowest BCUT2D eigenvalue weighted by atomic mass is 10.1. The zero-order chi connectivity index (χ0) is 20.0. The van der Waals surface area contributed by atoms with Crippen LogP contribution in [0, 0.1) is 5.82 Å². The van der Waals surface area contributed by atoms with Crippen molar-refractivity contribution in [3.8, 4) is 22.6 Å². The van der Waals surface area contributed by atoms with Gasteiger partial charge in [0.2, 0.25) is 12.7 Å². The maximum atomic E-state index is 13.2. The number of hydrogen-bond acceptors (Lipinski definition) is 5. The minimum absolute atomic E-state index is 0.0855. The molecule has 2 aliphatic rings. The summed E-state index contributed by atoms with van der Waals surface area (Å²) in [5.74, 6) is 0.655. The SMILES string of the molecule is O=C(CC1C(=O)Nc2c(-c3ccc(F)cc3)cnn21)Nc1ccc2c(c1)OCO2. The third-order valence-electron chi connectivity index (χ3n) is 4.83. The van der Waals surface area contributed by atoms with Crippen LogP contribution in [0.25, 0.3) is 11.1 Å². The van der Waals surface area contributed by atoms with Gasteiger partial charge in [0.1, 0.15) is 17.7 Å². The third kappa shape index (κ3) is 3.06. The van der Waals surface area contributed by atoms with Gasteiger partial charge in [-0.3, -0.25) is 9.59 Å². The standard InChI is InChI=1S/C20H15FN4O4/c21-12-3-1-11(2-4-12)14-9-22-25-15(20(27)24-19(14)25)8-18(26)23-13-5-6-16-17(7-13)29-10-28-16/h1-7,9,15H,8,10H2,(H,23,26)(H,24,27). The summed E-state index contributed by atoms with van der Waals surface area (Å²) in [6.07, 6.45) is 1.50. The molecule has 1 aromatic heterocycles. The highest BCUT2D eigenvalue weighted by Crippen LogP contribution is 2.37. The van der Waals surface area contributed by atoms with Crippen LogP contribution in [0.15, 0.2) is 48.7 Å². The summed E-state index contributed by atoms with van der Waals surface area (Å²) in [6, 6.07) is 10.2. The second-order valence-corrected chi connectivity index (χ2v) is 6.68. The first kappa shape index (κ1) is 17.2. The number of halogens is 1. The Hall–Kier alpha value is -3.88. The summed E-state index contributed by atoms with van der Waals surface area (Å²) in [7, 11) is 0. The van der Waals surface area contributed by atoms with Crippen LogP contribution >= 0.6 is 0 Å². The van der Waals surface area contributed by atoms with Crippen molar-refractivity contribution in [2.24, 2.45) is 0 Å². The van der Waals surface area contributed by atoms with Crippen LogP contribution < -0.4 is 20.1 Å². The average molecular weight is 394 g/mol. The van der Waals surface area contributed by atoms with Crippen molar-refractivity contribution in [2.75, 3.05) is 17.4 Å².